The van der Waals surface area contributed by atoms with Crippen LogP contribution >= 0.6 is 0 Å². The van der Waals surface area contributed by atoms with Gasteiger partial charge in [0, 0.05) is 6.26 Å². The Labute approximate surface area is 138 Å². The van der Waals surface area contributed by atoms with Crippen molar-refractivity contribution in [2.75, 3.05) is 12.0 Å². The average molecular weight is 345 g/mol. The van der Waals surface area contributed by atoms with E-state index in [1.807, 2.05) is 0 Å². The minimum absolute atomic E-state index is 0.143. The number of sulfone groups is 1. The fourth-order valence-corrected chi connectivity index (χ4v) is 3.10. The molecule has 3 N–H and O–H groups in total. The van der Waals surface area contributed by atoms with Gasteiger partial charge in [0.15, 0.2) is 9.84 Å². The number of nitrogens with two attached hydrogens (primary N) is 1. The van der Waals surface area contributed by atoms with Gasteiger partial charge in [0.1, 0.15) is 0 Å². The van der Waals surface area contributed by atoms with Gasteiger partial charge in [0.25, 0.3) is 0 Å². The first kappa shape index (κ1) is 16.0. The van der Waals surface area contributed by atoms with Crippen LogP contribution in [0.2, 0.25) is 0 Å². The molecular formula is C16H15N3O4S. The lowest BCUT2D eigenvalue weighted by molar-refractivity contribution is 0.0697. The molecule has 0 unspecified atom stereocenters. The zero-order valence-corrected chi connectivity index (χ0v) is 13.6. The topological polar surface area (TPSA) is 115 Å². The van der Waals surface area contributed by atoms with Gasteiger partial charge in [0.05, 0.1) is 28.0 Å². The summed E-state index contributed by atoms with van der Waals surface area (Å²) < 4.78 is 24.7. The average Bonchev–Trinajstić information content (AvgIpc) is 2.82. The predicted octanol–water partition coefficient (Wildman–Crippen LogP) is 1.77. The first-order valence-electron chi connectivity index (χ1n) is 7.04. The molecule has 0 fully saturated rings. The minimum atomic E-state index is -3.24. The van der Waals surface area contributed by atoms with Crippen LogP contribution in [0.15, 0.2) is 47.4 Å². The molecule has 3 aromatic rings. The van der Waals surface area contributed by atoms with Crippen molar-refractivity contribution < 1.29 is 18.3 Å². The Morgan fingerprint density at radius 2 is 1.88 bits per heavy atom. The quantitative estimate of drug-likeness (QED) is 0.744. The molecule has 7 nitrogen and oxygen atoms in total. The highest BCUT2D eigenvalue weighted by atomic mass is 32.2. The van der Waals surface area contributed by atoms with E-state index in [2.05, 4.69) is 4.98 Å². The van der Waals surface area contributed by atoms with Crippen LogP contribution in [-0.2, 0) is 16.4 Å². The number of fused-ring (bicyclic) bond motifs is 1. The van der Waals surface area contributed by atoms with E-state index in [-0.39, 0.29) is 16.4 Å². The molecule has 0 aliphatic rings. The number of hydrogen-bond donors (Lipinski definition) is 2. The number of carboxylic acid groups (broad SMARTS) is 1. The summed E-state index contributed by atoms with van der Waals surface area (Å²) in [5.41, 5.74) is 8.15. The van der Waals surface area contributed by atoms with E-state index in [1.165, 1.54) is 12.1 Å². The standard InChI is InChI=1S/C16H15N3O4S/c1-24(22,23)12-5-2-10(3-6-12)9-19-14-7-4-11(15(20)21)8-13(14)18-16(19)17/h2-8H,9H2,1H3,(H2,17,18)(H,20,21). The molecule has 1 aromatic heterocycles. The molecule has 0 saturated heterocycles. The first-order valence-corrected chi connectivity index (χ1v) is 8.93. The normalized spacial score (nSPS) is 11.7. The van der Waals surface area contributed by atoms with Crippen LogP contribution in [0.5, 0.6) is 0 Å². The third kappa shape index (κ3) is 2.95. The molecule has 0 bridgehead atoms. The predicted molar refractivity (Wildman–Crippen MR) is 89.8 cm³/mol. The highest BCUT2D eigenvalue weighted by molar-refractivity contribution is 7.90. The smallest absolute Gasteiger partial charge is 0.335 e. The molecule has 124 valence electrons. The van der Waals surface area contributed by atoms with E-state index in [4.69, 9.17) is 10.8 Å². The van der Waals surface area contributed by atoms with Crippen molar-refractivity contribution in [3.8, 4) is 0 Å². The Hall–Kier alpha value is -2.87. The Morgan fingerprint density at radius 1 is 1.21 bits per heavy atom. The van der Waals surface area contributed by atoms with Gasteiger partial charge in [0.2, 0.25) is 5.95 Å². The molecule has 1 heterocycles. The van der Waals surface area contributed by atoms with E-state index in [0.717, 1.165) is 11.8 Å². The number of carbonyl (C=O) groups is 1. The van der Waals surface area contributed by atoms with Gasteiger partial charge in [-0.2, -0.15) is 0 Å². The maximum atomic E-state index is 11.5. The van der Waals surface area contributed by atoms with Crippen LogP contribution in [0.25, 0.3) is 11.0 Å². The second kappa shape index (κ2) is 5.64. The fraction of sp³-hybridized carbons (Fsp3) is 0.125. The molecule has 0 spiro atoms. The summed E-state index contributed by atoms with van der Waals surface area (Å²) in [7, 11) is -3.24. The second-order valence-electron chi connectivity index (χ2n) is 5.48. The van der Waals surface area contributed by atoms with Crippen molar-refractivity contribution in [1.82, 2.24) is 9.55 Å². The van der Waals surface area contributed by atoms with Crippen LogP contribution < -0.4 is 5.73 Å². The summed E-state index contributed by atoms with van der Waals surface area (Å²) in [6.07, 6.45) is 1.16. The summed E-state index contributed by atoms with van der Waals surface area (Å²) in [4.78, 5) is 15.5. The van der Waals surface area contributed by atoms with Crippen molar-refractivity contribution in [1.29, 1.82) is 0 Å². The second-order valence-corrected chi connectivity index (χ2v) is 7.50. The molecule has 0 saturated carbocycles. The summed E-state index contributed by atoms with van der Waals surface area (Å²) in [6.45, 7) is 0.402. The molecule has 3 rings (SSSR count). The van der Waals surface area contributed by atoms with Gasteiger partial charge in [-0.3, -0.25) is 0 Å². The van der Waals surface area contributed by atoms with Gasteiger partial charge in [-0.05, 0) is 35.9 Å². The molecule has 0 aliphatic carbocycles. The Bertz CT molecular complexity index is 1040. The fourth-order valence-electron chi connectivity index (χ4n) is 2.47. The molecular weight excluding hydrogens is 330 g/mol. The van der Waals surface area contributed by atoms with Crippen LogP contribution in [0.1, 0.15) is 15.9 Å². The van der Waals surface area contributed by atoms with Gasteiger partial charge in [-0.25, -0.2) is 18.2 Å². The molecule has 0 radical (unpaired) electrons. The van der Waals surface area contributed by atoms with Crippen LogP contribution in [0, 0.1) is 0 Å². The van der Waals surface area contributed by atoms with E-state index >= 15 is 0 Å². The number of carboxylic acids is 1. The number of benzene rings is 2. The Balaban J connectivity index is 1.98. The highest BCUT2D eigenvalue weighted by Gasteiger charge is 2.12. The summed E-state index contributed by atoms with van der Waals surface area (Å²) in [5.74, 6) is -0.763. The van der Waals surface area contributed by atoms with Gasteiger partial charge in [-0.15, -0.1) is 0 Å². The maximum absolute atomic E-state index is 11.5. The van der Waals surface area contributed by atoms with Gasteiger partial charge < -0.3 is 15.4 Å². The van der Waals surface area contributed by atoms with Gasteiger partial charge in [-0.1, -0.05) is 12.1 Å². The van der Waals surface area contributed by atoms with Crippen molar-refractivity contribution in [2.24, 2.45) is 0 Å². The van der Waals surface area contributed by atoms with Crippen LogP contribution in [-0.4, -0.2) is 35.3 Å². The Kier molecular flexibility index (Phi) is 3.76. The Morgan fingerprint density at radius 3 is 2.46 bits per heavy atom. The number of anilines is 1. The van der Waals surface area contributed by atoms with Crippen molar-refractivity contribution >= 4 is 32.8 Å². The number of aromatic carboxylic acids is 1. The number of aromatic nitrogens is 2. The SMILES string of the molecule is CS(=O)(=O)c1ccc(Cn2c(N)nc3cc(C(=O)O)ccc32)cc1. The molecule has 2 aromatic carbocycles. The van der Waals surface area contributed by atoms with E-state index in [0.29, 0.717) is 17.6 Å². The number of rotatable bonds is 4. The van der Waals surface area contributed by atoms with Crippen molar-refractivity contribution in [3.63, 3.8) is 0 Å². The zero-order chi connectivity index (χ0) is 17.5. The minimum Gasteiger partial charge on any atom is -0.478 e. The van der Waals surface area contributed by atoms with Crippen molar-refractivity contribution in [3.05, 3.63) is 53.6 Å². The monoisotopic (exact) mass is 345 g/mol. The number of imidazole rings is 1. The van der Waals surface area contributed by atoms with Crippen LogP contribution in [0.3, 0.4) is 0 Å². The number of nitrogens with zero attached hydrogens (tertiary/aromatic N) is 2. The molecule has 0 amide bonds. The van der Waals surface area contributed by atoms with Gasteiger partial charge >= 0.3 is 5.97 Å². The molecule has 0 aliphatic heterocycles. The van der Waals surface area contributed by atoms with E-state index in [9.17, 15) is 13.2 Å². The van der Waals surface area contributed by atoms with Crippen LogP contribution in [0.4, 0.5) is 5.95 Å². The van der Waals surface area contributed by atoms with E-state index in [1.54, 1.807) is 34.9 Å². The third-order valence-electron chi connectivity index (χ3n) is 3.72. The lowest BCUT2D eigenvalue weighted by Gasteiger charge is -2.07. The number of nitrogen functional groups attached to an aromatic ring is 1. The first-order chi connectivity index (χ1) is 11.3. The summed E-state index contributed by atoms with van der Waals surface area (Å²) in [6, 6.07) is 11.1. The molecule has 24 heavy (non-hydrogen) atoms. The lowest BCUT2D eigenvalue weighted by atomic mass is 10.2. The molecule has 8 heteroatoms. The largest absolute Gasteiger partial charge is 0.478 e. The molecule has 0 atom stereocenters. The highest BCUT2D eigenvalue weighted by Crippen LogP contribution is 2.21. The van der Waals surface area contributed by atoms with Crippen molar-refractivity contribution in [2.45, 2.75) is 11.4 Å². The number of hydrogen-bond acceptors (Lipinski definition) is 5. The maximum Gasteiger partial charge on any atom is 0.335 e. The summed E-state index contributed by atoms with van der Waals surface area (Å²) in [5, 5.41) is 9.03. The van der Waals surface area contributed by atoms with E-state index < -0.39 is 15.8 Å². The third-order valence-corrected chi connectivity index (χ3v) is 4.85. The lowest BCUT2D eigenvalue weighted by Crippen LogP contribution is -2.05. The summed E-state index contributed by atoms with van der Waals surface area (Å²) >= 11 is 0. The zero-order valence-electron chi connectivity index (χ0n) is 12.8.